The van der Waals surface area contributed by atoms with Crippen molar-refractivity contribution in [3.05, 3.63) is 28.3 Å². The number of phenols is 1. The van der Waals surface area contributed by atoms with E-state index in [1.807, 2.05) is 0 Å². The number of unbranched alkanes of at least 4 members (excludes halogenated alkanes) is 10. The summed E-state index contributed by atoms with van der Waals surface area (Å²) < 4.78 is 0. The van der Waals surface area contributed by atoms with E-state index in [0.717, 1.165) is 12.0 Å². The molecule has 0 fully saturated rings. The van der Waals surface area contributed by atoms with Crippen LogP contribution in [0.5, 0.6) is 5.75 Å². The molecule has 0 radical (unpaired) electrons. The lowest BCUT2D eigenvalue weighted by Gasteiger charge is -2.16. The highest BCUT2D eigenvalue weighted by Crippen LogP contribution is 2.31. The van der Waals surface area contributed by atoms with Gasteiger partial charge in [-0.1, -0.05) is 84.1 Å². The Kier molecular flexibility index (Phi) is 11.7. The average molecular weight is 347 g/mol. The van der Waals surface area contributed by atoms with E-state index < -0.39 is 0 Å². The molecule has 0 aliphatic rings. The normalized spacial score (nSPS) is 11.2. The number of phenolic OH excluding ortho intramolecular Hbond substituents is 1. The number of benzene rings is 1. The predicted molar refractivity (Wildman–Crippen MR) is 112 cm³/mol. The first-order valence-corrected chi connectivity index (χ1v) is 10.9. The molecule has 1 aromatic rings. The van der Waals surface area contributed by atoms with E-state index in [-0.39, 0.29) is 0 Å². The van der Waals surface area contributed by atoms with E-state index >= 15 is 0 Å². The fourth-order valence-electron chi connectivity index (χ4n) is 3.79. The maximum Gasteiger partial charge on any atom is 0.121 e. The van der Waals surface area contributed by atoms with Crippen LogP contribution in [0.15, 0.2) is 6.07 Å². The zero-order valence-corrected chi connectivity index (χ0v) is 17.4. The highest BCUT2D eigenvalue weighted by molar-refractivity contribution is 5.49. The van der Waals surface area contributed by atoms with Crippen molar-refractivity contribution in [1.29, 1.82) is 0 Å². The molecule has 0 heterocycles. The van der Waals surface area contributed by atoms with Gasteiger partial charge < -0.3 is 5.11 Å². The molecule has 1 aromatic carbocycles. The molecule has 0 amide bonds. The number of aromatic hydroxyl groups is 1. The highest BCUT2D eigenvalue weighted by atomic mass is 16.3. The van der Waals surface area contributed by atoms with Crippen molar-refractivity contribution in [2.45, 2.75) is 118 Å². The third-order valence-electron chi connectivity index (χ3n) is 5.56. The minimum atomic E-state index is 0.553. The summed E-state index contributed by atoms with van der Waals surface area (Å²) in [5, 5.41) is 10.5. The Hall–Kier alpha value is -0.980. The molecule has 0 aliphatic carbocycles. The van der Waals surface area contributed by atoms with Gasteiger partial charge in [0.05, 0.1) is 0 Å². The average Bonchev–Trinajstić information content (AvgIpc) is 2.60. The number of hydrogen-bond acceptors (Lipinski definition) is 1. The smallest absolute Gasteiger partial charge is 0.121 e. The van der Waals surface area contributed by atoms with E-state index in [0.29, 0.717) is 5.75 Å². The lowest BCUT2D eigenvalue weighted by Crippen LogP contribution is -2.00. The molecule has 1 heteroatoms. The van der Waals surface area contributed by atoms with Crippen LogP contribution in [0.4, 0.5) is 0 Å². The van der Waals surface area contributed by atoms with Crippen molar-refractivity contribution in [1.82, 2.24) is 0 Å². The Morgan fingerprint density at radius 3 is 1.72 bits per heavy atom. The third kappa shape index (κ3) is 8.29. The Bertz CT molecular complexity index is 475. The second-order valence-corrected chi connectivity index (χ2v) is 7.84. The maximum atomic E-state index is 10.5. The summed E-state index contributed by atoms with van der Waals surface area (Å²) in [4.78, 5) is 0. The molecule has 25 heavy (non-hydrogen) atoms. The molecule has 1 N–H and O–H groups in total. The first kappa shape index (κ1) is 22.1. The molecule has 0 aromatic heterocycles. The molecule has 0 spiro atoms. The number of hydrogen-bond donors (Lipinski definition) is 1. The maximum absolute atomic E-state index is 10.5. The molecule has 144 valence electrons. The number of rotatable bonds is 14. The molecule has 0 aliphatic heterocycles. The molecule has 1 rings (SSSR count). The second kappa shape index (κ2) is 13.3. The van der Waals surface area contributed by atoms with Crippen molar-refractivity contribution in [3.8, 4) is 5.75 Å². The van der Waals surface area contributed by atoms with Gasteiger partial charge in [0.25, 0.3) is 0 Å². The molecule has 0 bridgehead atoms. The van der Waals surface area contributed by atoms with Gasteiger partial charge in [-0.25, -0.2) is 0 Å². The van der Waals surface area contributed by atoms with Crippen molar-refractivity contribution in [2.75, 3.05) is 0 Å². The molecular formula is C24H42O. The largest absolute Gasteiger partial charge is 0.507 e. The van der Waals surface area contributed by atoms with Crippen LogP contribution in [-0.4, -0.2) is 5.11 Å². The van der Waals surface area contributed by atoms with Crippen molar-refractivity contribution < 1.29 is 5.11 Å². The zero-order chi connectivity index (χ0) is 18.5. The van der Waals surface area contributed by atoms with Crippen molar-refractivity contribution in [2.24, 2.45) is 0 Å². The van der Waals surface area contributed by atoms with Crippen molar-refractivity contribution in [3.63, 3.8) is 0 Å². The van der Waals surface area contributed by atoms with Gasteiger partial charge in [-0.2, -0.15) is 0 Å². The quantitative estimate of drug-likeness (QED) is 0.340. The lowest BCUT2D eigenvalue weighted by molar-refractivity contribution is 0.460. The SMILES string of the molecule is CCCCCCCCc1cc(C)c(O)c(CCCCCCCC)c1C. The Morgan fingerprint density at radius 2 is 1.16 bits per heavy atom. The van der Waals surface area contributed by atoms with Gasteiger partial charge in [0.15, 0.2) is 0 Å². The van der Waals surface area contributed by atoms with Gasteiger partial charge in [0, 0.05) is 0 Å². The summed E-state index contributed by atoms with van der Waals surface area (Å²) in [6.07, 6.45) is 18.1. The van der Waals surface area contributed by atoms with Crippen LogP contribution in [0.3, 0.4) is 0 Å². The second-order valence-electron chi connectivity index (χ2n) is 7.84. The van der Waals surface area contributed by atoms with Gasteiger partial charge >= 0.3 is 0 Å². The Balaban J connectivity index is 2.52. The first-order valence-electron chi connectivity index (χ1n) is 10.9. The van der Waals surface area contributed by atoms with Crippen LogP contribution in [0, 0.1) is 13.8 Å². The van der Waals surface area contributed by atoms with E-state index in [1.165, 1.54) is 100 Å². The van der Waals surface area contributed by atoms with Gasteiger partial charge in [-0.15, -0.1) is 0 Å². The molecule has 1 nitrogen and oxygen atoms in total. The number of aryl methyl sites for hydroxylation is 2. The Labute approximate surface area is 157 Å². The van der Waals surface area contributed by atoms with E-state index in [4.69, 9.17) is 0 Å². The first-order chi connectivity index (χ1) is 12.1. The monoisotopic (exact) mass is 346 g/mol. The molecular weight excluding hydrogens is 304 g/mol. The van der Waals surface area contributed by atoms with E-state index in [9.17, 15) is 5.11 Å². The minimum absolute atomic E-state index is 0.553. The van der Waals surface area contributed by atoms with E-state index in [1.54, 1.807) is 0 Å². The van der Waals surface area contributed by atoms with Crippen LogP contribution < -0.4 is 0 Å². The van der Waals surface area contributed by atoms with Crippen molar-refractivity contribution >= 4 is 0 Å². The third-order valence-corrected chi connectivity index (χ3v) is 5.56. The molecule has 0 saturated carbocycles. The minimum Gasteiger partial charge on any atom is -0.507 e. The standard InChI is InChI=1S/C24H42O/c1-5-7-9-11-13-15-17-22-19-20(3)24(25)23(21(22)4)18-16-14-12-10-8-6-2/h19,25H,5-18H2,1-4H3. The summed E-state index contributed by atoms with van der Waals surface area (Å²) in [7, 11) is 0. The fraction of sp³-hybridized carbons (Fsp3) is 0.750. The van der Waals surface area contributed by atoms with Crippen LogP contribution in [0.25, 0.3) is 0 Å². The highest BCUT2D eigenvalue weighted by Gasteiger charge is 2.12. The fourth-order valence-corrected chi connectivity index (χ4v) is 3.79. The molecule has 0 atom stereocenters. The molecule has 0 saturated heterocycles. The topological polar surface area (TPSA) is 20.2 Å². The van der Waals surface area contributed by atoms with E-state index in [2.05, 4.69) is 33.8 Å². The van der Waals surface area contributed by atoms with Gasteiger partial charge in [-0.3, -0.25) is 0 Å². The summed E-state index contributed by atoms with van der Waals surface area (Å²) in [6, 6.07) is 2.22. The van der Waals surface area contributed by atoms with Crippen LogP contribution in [-0.2, 0) is 12.8 Å². The molecule has 0 unspecified atom stereocenters. The summed E-state index contributed by atoms with van der Waals surface area (Å²) in [5.74, 6) is 0.553. The summed E-state index contributed by atoms with van der Waals surface area (Å²) >= 11 is 0. The van der Waals surface area contributed by atoms with Gasteiger partial charge in [0.1, 0.15) is 5.75 Å². The van der Waals surface area contributed by atoms with Gasteiger partial charge in [0.2, 0.25) is 0 Å². The summed E-state index contributed by atoms with van der Waals surface area (Å²) in [5.41, 5.74) is 5.10. The van der Waals surface area contributed by atoms with Crippen LogP contribution >= 0.6 is 0 Å². The van der Waals surface area contributed by atoms with Crippen LogP contribution in [0.1, 0.15) is 113 Å². The Morgan fingerprint density at radius 1 is 0.680 bits per heavy atom. The van der Waals surface area contributed by atoms with Crippen LogP contribution in [0.2, 0.25) is 0 Å². The zero-order valence-electron chi connectivity index (χ0n) is 17.4. The lowest BCUT2D eigenvalue weighted by atomic mass is 9.91. The van der Waals surface area contributed by atoms with Gasteiger partial charge in [-0.05, 0) is 61.8 Å². The summed E-state index contributed by atoms with van der Waals surface area (Å²) in [6.45, 7) is 8.82. The predicted octanol–water partition coefficient (Wildman–Crippen LogP) is 7.82.